The average Bonchev–Trinajstić information content (AvgIpc) is 2.47. The summed E-state index contributed by atoms with van der Waals surface area (Å²) in [6, 6.07) is 9.57. The lowest BCUT2D eigenvalue weighted by Crippen LogP contribution is -2.38. The number of nitrogens with zero attached hydrogens (tertiary/aromatic N) is 2. The van der Waals surface area contributed by atoms with Gasteiger partial charge in [-0.2, -0.15) is 5.26 Å². The zero-order chi connectivity index (χ0) is 13.9. The van der Waals surface area contributed by atoms with Gasteiger partial charge in [-0.1, -0.05) is 12.1 Å². The molecule has 0 amide bonds. The molecule has 5 heteroatoms. The molecule has 102 valence electrons. The Kier molecular flexibility index (Phi) is 7.06. The summed E-state index contributed by atoms with van der Waals surface area (Å²) in [5, 5.41) is 15.1. The van der Waals surface area contributed by atoms with Crippen molar-refractivity contribution in [3.05, 3.63) is 35.4 Å². The van der Waals surface area contributed by atoms with Gasteiger partial charge in [0.1, 0.15) is 0 Å². The van der Waals surface area contributed by atoms with Crippen molar-refractivity contribution in [3.63, 3.8) is 0 Å². The van der Waals surface area contributed by atoms with Gasteiger partial charge in [0.05, 0.1) is 18.2 Å². The van der Waals surface area contributed by atoms with Gasteiger partial charge >= 0.3 is 0 Å². The van der Waals surface area contributed by atoms with E-state index in [0.717, 1.165) is 24.7 Å². The van der Waals surface area contributed by atoms with Crippen LogP contribution in [0.4, 0.5) is 0 Å². The Balaban J connectivity index is 2.34. The molecule has 1 rings (SSSR count). The van der Waals surface area contributed by atoms with Crippen molar-refractivity contribution in [2.75, 3.05) is 26.8 Å². The SMILES string of the molecule is CCOCCNC(=NC)NCc1ccc(C#N)cc1. The highest BCUT2D eigenvalue weighted by molar-refractivity contribution is 5.79. The zero-order valence-electron chi connectivity index (χ0n) is 11.4. The number of hydrogen-bond donors (Lipinski definition) is 2. The van der Waals surface area contributed by atoms with Crippen LogP contribution in [0, 0.1) is 11.3 Å². The molecule has 0 aliphatic carbocycles. The number of aliphatic imine (C=N–C) groups is 1. The van der Waals surface area contributed by atoms with Crippen LogP contribution < -0.4 is 10.6 Å². The minimum atomic E-state index is 0.661. The summed E-state index contributed by atoms with van der Waals surface area (Å²) in [7, 11) is 1.73. The Morgan fingerprint density at radius 3 is 2.63 bits per heavy atom. The van der Waals surface area contributed by atoms with E-state index in [2.05, 4.69) is 21.7 Å². The van der Waals surface area contributed by atoms with Crippen molar-refractivity contribution in [2.24, 2.45) is 4.99 Å². The minimum absolute atomic E-state index is 0.661. The molecule has 19 heavy (non-hydrogen) atoms. The molecule has 0 bridgehead atoms. The second-order valence-corrected chi connectivity index (χ2v) is 3.86. The van der Waals surface area contributed by atoms with Gasteiger partial charge in [0.15, 0.2) is 5.96 Å². The minimum Gasteiger partial charge on any atom is -0.380 e. The van der Waals surface area contributed by atoms with E-state index in [0.29, 0.717) is 18.7 Å². The van der Waals surface area contributed by atoms with Crippen molar-refractivity contribution in [1.29, 1.82) is 5.26 Å². The monoisotopic (exact) mass is 260 g/mol. The third-order valence-corrected chi connectivity index (χ3v) is 2.51. The topological polar surface area (TPSA) is 69.4 Å². The molecule has 0 unspecified atom stereocenters. The number of benzene rings is 1. The van der Waals surface area contributed by atoms with Crippen LogP contribution in [0.25, 0.3) is 0 Å². The Morgan fingerprint density at radius 1 is 1.32 bits per heavy atom. The summed E-state index contributed by atoms with van der Waals surface area (Å²) in [5.74, 6) is 0.740. The largest absolute Gasteiger partial charge is 0.380 e. The molecule has 0 fully saturated rings. The van der Waals surface area contributed by atoms with Crippen LogP contribution in [-0.2, 0) is 11.3 Å². The standard InChI is InChI=1S/C14H20N4O/c1-3-19-9-8-17-14(16-2)18-11-13-6-4-12(10-15)5-7-13/h4-7H,3,8-9,11H2,1-2H3,(H2,16,17,18). The van der Waals surface area contributed by atoms with Gasteiger partial charge in [0, 0.05) is 26.7 Å². The van der Waals surface area contributed by atoms with E-state index in [-0.39, 0.29) is 0 Å². The van der Waals surface area contributed by atoms with E-state index < -0.39 is 0 Å². The number of nitrogens with one attached hydrogen (secondary N) is 2. The van der Waals surface area contributed by atoms with Gasteiger partial charge in [0.25, 0.3) is 0 Å². The third kappa shape index (κ3) is 5.89. The van der Waals surface area contributed by atoms with Crippen LogP contribution in [0.15, 0.2) is 29.3 Å². The normalized spacial score (nSPS) is 10.9. The molecule has 1 aromatic rings. The first-order valence-corrected chi connectivity index (χ1v) is 6.31. The zero-order valence-corrected chi connectivity index (χ0v) is 11.4. The highest BCUT2D eigenvalue weighted by Gasteiger charge is 1.98. The number of ether oxygens (including phenoxy) is 1. The van der Waals surface area contributed by atoms with Gasteiger partial charge in [-0.15, -0.1) is 0 Å². The Bertz CT molecular complexity index is 434. The molecule has 1 aromatic carbocycles. The van der Waals surface area contributed by atoms with Gasteiger partial charge in [-0.25, -0.2) is 0 Å². The molecular formula is C14H20N4O. The molecule has 0 aromatic heterocycles. The average molecular weight is 260 g/mol. The van der Waals surface area contributed by atoms with Crippen LogP contribution in [0.5, 0.6) is 0 Å². The summed E-state index contributed by atoms with van der Waals surface area (Å²) in [5.41, 5.74) is 1.77. The fourth-order valence-electron chi connectivity index (χ4n) is 1.49. The van der Waals surface area contributed by atoms with Crippen LogP contribution in [0.2, 0.25) is 0 Å². The number of hydrogen-bond acceptors (Lipinski definition) is 3. The first kappa shape index (κ1) is 15.0. The van der Waals surface area contributed by atoms with Crippen LogP contribution in [-0.4, -0.2) is 32.8 Å². The molecule has 0 aliphatic heterocycles. The predicted octanol–water partition coefficient (Wildman–Crippen LogP) is 1.26. The van der Waals surface area contributed by atoms with Crippen molar-refractivity contribution in [2.45, 2.75) is 13.5 Å². The highest BCUT2D eigenvalue weighted by atomic mass is 16.5. The lowest BCUT2D eigenvalue weighted by molar-refractivity contribution is 0.152. The molecule has 0 saturated carbocycles. The van der Waals surface area contributed by atoms with Gasteiger partial charge in [-0.05, 0) is 24.6 Å². The Labute approximate surface area is 114 Å². The third-order valence-electron chi connectivity index (χ3n) is 2.51. The summed E-state index contributed by atoms with van der Waals surface area (Å²) < 4.78 is 5.24. The summed E-state index contributed by atoms with van der Waals surface area (Å²) >= 11 is 0. The van der Waals surface area contributed by atoms with E-state index in [9.17, 15) is 0 Å². The van der Waals surface area contributed by atoms with Crippen LogP contribution in [0.1, 0.15) is 18.1 Å². The van der Waals surface area contributed by atoms with Crippen molar-refractivity contribution in [3.8, 4) is 6.07 Å². The predicted molar refractivity (Wildman–Crippen MR) is 75.9 cm³/mol. The number of guanidine groups is 1. The van der Waals surface area contributed by atoms with E-state index in [1.807, 2.05) is 31.2 Å². The van der Waals surface area contributed by atoms with Gasteiger partial charge in [0.2, 0.25) is 0 Å². The van der Waals surface area contributed by atoms with E-state index in [1.165, 1.54) is 0 Å². The summed E-state index contributed by atoms with van der Waals surface area (Å²) in [6.07, 6.45) is 0. The van der Waals surface area contributed by atoms with Crippen molar-refractivity contribution < 1.29 is 4.74 Å². The van der Waals surface area contributed by atoms with Crippen LogP contribution in [0.3, 0.4) is 0 Å². The molecule has 0 aliphatic rings. The highest BCUT2D eigenvalue weighted by Crippen LogP contribution is 2.02. The fraction of sp³-hybridized carbons (Fsp3) is 0.429. The molecule has 0 saturated heterocycles. The second kappa shape index (κ2) is 8.95. The van der Waals surface area contributed by atoms with Crippen LogP contribution >= 0.6 is 0 Å². The maximum absolute atomic E-state index is 8.72. The molecule has 0 atom stereocenters. The molecule has 0 spiro atoms. The molecule has 5 nitrogen and oxygen atoms in total. The summed E-state index contributed by atoms with van der Waals surface area (Å²) in [4.78, 5) is 4.12. The Hall–Kier alpha value is -2.06. The second-order valence-electron chi connectivity index (χ2n) is 3.86. The molecule has 0 radical (unpaired) electrons. The smallest absolute Gasteiger partial charge is 0.191 e. The maximum atomic E-state index is 8.72. The van der Waals surface area contributed by atoms with Gasteiger partial charge < -0.3 is 15.4 Å². The van der Waals surface area contributed by atoms with E-state index in [4.69, 9.17) is 10.00 Å². The van der Waals surface area contributed by atoms with Crippen molar-refractivity contribution in [1.82, 2.24) is 10.6 Å². The lowest BCUT2D eigenvalue weighted by Gasteiger charge is -2.11. The molecule has 2 N–H and O–H groups in total. The number of rotatable bonds is 6. The van der Waals surface area contributed by atoms with E-state index in [1.54, 1.807) is 7.05 Å². The Morgan fingerprint density at radius 2 is 2.05 bits per heavy atom. The van der Waals surface area contributed by atoms with Gasteiger partial charge in [-0.3, -0.25) is 4.99 Å². The molecular weight excluding hydrogens is 240 g/mol. The lowest BCUT2D eigenvalue weighted by atomic mass is 10.1. The first-order chi connectivity index (χ1) is 9.30. The van der Waals surface area contributed by atoms with E-state index >= 15 is 0 Å². The quantitative estimate of drug-likeness (QED) is 0.459. The maximum Gasteiger partial charge on any atom is 0.191 e. The molecule has 0 heterocycles. The van der Waals surface area contributed by atoms with Crippen molar-refractivity contribution >= 4 is 5.96 Å². The fourth-order valence-corrected chi connectivity index (χ4v) is 1.49. The first-order valence-electron chi connectivity index (χ1n) is 6.31. The summed E-state index contributed by atoms with van der Waals surface area (Å²) in [6.45, 7) is 4.74. The number of nitriles is 1.